The Labute approximate surface area is 287 Å². The van der Waals surface area contributed by atoms with Crippen LogP contribution in [0.5, 0.6) is 11.8 Å². The molecule has 270 valence electrons. The van der Waals surface area contributed by atoms with E-state index in [9.17, 15) is 27.6 Å². The second-order valence-corrected chi connectivity index (χ2v) is 14.1. The van der Waals surface area contributed by atoms with E-state index in [2.05, 4.69) is 26.2 Å². The number of piperidine rings is 1. The second-order valence-electron chi connectivity index (χ2n) is 14.1. The number of carbonyl (C=O) groups excluding carboxylic acids is 1. The van der Waals surface area contributed by atoms with Gasteiger partial charge in [0.2, 0.25) is 29.3 Å². The fraction of sp³-hybridized carbons (Fsp3) is 0.588. The van der Waals surface area contributed by atoms with Gasteiger partial charge >= 0.3 is 6.09 Å². The first-order valence-corrected chi connectivity index (χ1v) is 16.4. The number of halogens is 4. The predicted molar refractivity (Wildman–Crippen MR) is 170 cm³/mol. The van der Waals surface area contributed by atoms with Gasteiger partial charge in [-0.15, -0.1) is 0 Å². The van der Waals surface area contributed by atoms with Gasteiger partial charge in [0, 0.05) is 24.9 Å². The fourth-order valence-electron chi connectivity index (χ4n) is 6.33. The Morgan fingerprint density at radius 2 is 1.76 bits per heavy atom. The highest BCUT2D eigenvalue weighted by molar-refractivity contribution is 5.68. The highest BCUT2D eigenvalue weighted by atomic mass is 19.3. The number of alkyl halides is 2. The molecule has 4 atom stereocenters. The van der Waals surface area contributed by atoms with Crippen LogP contribution in [0, 0.1) is 23.0 Å². The number of aromatic nitrogens is 4. The molecule has 3 aromatic rings. The Balaban J connectivity index is 1.47. The minimum absolute atomic E-state index is 0.0253. The van der Waals surface area contributed by atoms with E-state index < -0.39 is 59.5 Å². The van der Waals surface area contributed by atoms with Crippen molar-refractivity contribution in [3.05, 3.63) is 47.4 Å². The maximum Gasteiger partial charge on any atom is 0.410 e. The minimum Gasteiger partial charge on any atom is -0.474 e. The van der Waals surface area contributed by atoms with Crippen molar-refractivity contribution in [2.75, 3.05) is 20.1 Å². The van der Waals surface area contributed by atoms with E-state index in [4.69, 9.17) is 18.7 Å². The van der Waals surface area contributed by atoms with Crippen LogP contribution in [-0.2, 0) is 10.2 Å². The number of rotatable bonds is 10. The molecular formula is C34H41F4N7O5. The molecule has 2 fully saturated rings. The average Bonchev–Trinajstić information content (AvgIpc) is 3.69. The standard InChI is InChI=1S/C34H41F4N7O5/c1-33(2,3)49-32(46)45-16-13-20(17-19(45)12-14-39)47-24-18-25(48-27(28(37)38)23-11-8-15-44(23)6)41-29(40-24)30-42-31(50-43-30)34(4,5)26-21(35)9-7-10-22(26)36/h7,9-10,18-20,23,27-28H,8,11-13,15-17H2,1-6H3/t19-,20+,23+,27-/m1/s1. The quantitative estimate of drug-likeness (QED) is 0.220. The summed E-state index contributed by atoms with van der Waals surface area (Å²) in [5, 5.41) is 13.4. The monoisotopic (exact) mass is 703 g/mol. The molecule has 4 heterocycles. The maximum atomic E-state index is 14.8. The Hall–Kier alpha value is -4.52. The zero-order valence-electron chi connectivity index (χ0n) is 28.8. The predicted octanol–water partition coefficient (Wildman–Crippen LogP) is 6.30. The molecule has 1 aromatic carbocycles. The van der Waals surface area contributed by atoms with E-state index >= 15 is 0 Å². The van der Waals surface area contributed by atoms with Crippen LogP contribution in [-0.4, -0.2) is 92.5 Å². The summed E-state index contributed by atoms with van der Waals surface area (Å²) in [5.74, 6) is -2.46. The first kappa shape index (κ1) is 36.8. The van der Waals surface area contributed by atoms with E-state index in [0.717, 1.165) is 18.6 Å². The molecule has 1 amide bonds. The van der Waals surface area contributed by atoms with Crippen LogP contribution in [0.4, 0.5) is 22.4 Å². The molecule has 5 rings (SSSR count). The molecule has 2 aliphatic rings. The van der Waals surface area contributed by atoms with Crippen molar-refractivity contribution in [2.45, 2.75) is 108 Å². The van der Waals surface area contributed by atoms with E-state index in [1.807, 2.05) is 0 Å². The van der Waals surface area contributed by atoms with Gasteiger partial charge < -0.3 is 23.6 Å². The van der Waals surface area contributed by atoms with Crippen molar-refractivity contribution in [1.29, 1.82) is 5.26 Å². The molecular weight excluding hydrogens is 662 g/mol. The third-order valence-electron chi connectivity index (χ3n) is 8.80. The zero-order valence-corrected chi connectivity index (χ0v) is 28.8. The van der Waals surface area contributed by atoms with E-state index in [0.29, 0.717) is 19.4 Å². The highest BCUT2D eigenvalue weighted by Crippen LogP contribution is 2.36. The van der Waals surface area contributed by atoms with Crippen molar-refractivity contribution in [2.24, 2.45) is 0 Å². The molecule has 12 nitrogen and oxygen atoms in total. The highest BCUT2D eigenvalue weighted by Gasteiger charge is 2.39. The summed E-state index contributed by atoms with van der Waals surface area (Å²) >= 11 is 0. The second kappa shape index (κ2) is 14.8. The van der Waals surface area contributed by atoms with Crippen LogP contribution in [0.15, 0.2) is 28.8 Å². The van der Waals surface area contributed by atoms with E-state index in [1.165, 1.54) is 30.9 Å². The number of likely N-dealkylation sites (tertiary alicyclic amines) is 2. The van der Waals surface area contributed by atoms with Gasteiger partial charge in [0.05, 0.1) is 36.1 Å². The Bertz CT molecular complexity index is 1690. The smallest absolute Gasteiger partial charge is 0.410 e. The Morgan fingerprint density at radius 3 is 2.38 bits per heavy atom. The molecule has 0 spiro atoms. The number of carbonyl (C=O) groups is 1. The summed E-state index contributed by atoms with van der Waals surface area (Å²) < 4.78 is 81.3. The summed E-state index contributed by atoms with van der Waals surface area (Å²) in [6.07, 6.45) is -3.61. The lowest BCUT2D eigenvalue weighted by Gasteiger charge is -2.38. The number of hydrogen-bond acceptors (Lipinski definition) is 11. The van der Waals surface area contributed by atoms with Gasteiger partial charge in [-0.1, -0.05) is 11.2 Å². The van der Waals surface area contributed by atoms with Crippen molar-refractivity contribution >= 4 is 6.09 Å². The van der Waals surface area contributed by atoms with Crippen LogP contribution in [0.25, 0.3) is 11.6 Å². The van der Waals surface area contributed by atoms with Crippen molar-refractivity contribution in [1.82, 2.24) is 29.9 Å². The lowest BCUT2D eigenvalue weighted by atomic mass is 9.83. The molecule has 16 heteroatoms. The molecule has 0 N–H and O–H groups in total. The van der Waals surface area contributed by atoms with Crippen LogP contribution in [0.2, 0.25) is 0 Å². The molecule has 0 saturated carbocycles. The number of ether oxygens (including phenoxy) is 3. The number of amides is 1. The fourth-order valence-corrected chi connectivity index (χ4v) is 6.33. The number of likely N-dealkylation sites (N-methyl/N-ethyl adjacent to an activating group) is 1. The minimum atomic E-state index is -2.85. The van der Waals surface area contributed by atoms with Gasteiger partial charge in [-0.05, 0) is 73.2 Å². The summed E-state index contributed by atoms with van der Waals surface area (Å²) in [6.45, 7) is 9.13. The lowest BCUT2D eigenvalue weighted by molar-refractivity contribution is -0.0295. The van der Waals surface area contributed by atoms with Crippen LogP contribution in [0.3, 0.4) is 0 Å². The van der Waals surface area contributed by atoms with Crippen molar-refractivity contribution < 1.29 is 41.1 Å². The third-order valence-corrected chi connectivity index (χ3v) is 8.80. The van der Waals surface area contributed by atoms with E-state index in [-0.39, 0.29) is 54.2 Å². The third kappa shape index (κ3) is 8.26. The zero-order chi connectivity index (χ0) is 36.4. The van der Waals surface area contributed by atoms with Crippen molar-refractivity contribution in [3.8, 4) is 29.5 Å². The van der Waals surface area contributed by atoms with E-state index in [1.54, 1.807) is 32.7 Å². The summed E-state index contributed by atoms with van der Waals surface area (Å²) in [4.78, 5) is 29.3. The maximum absolute atomic E-state index is 14.8. The number of benzene rings is 1. The summed E-state index contributed by atoms with van der Waals surface area (Å²) in [5.41, 5.74) is -2.44. The molecule has 50 heavy (non-hydrogen) atoms. The van der Waals surface area contributed by atoms with Gasteiger partial charge in [-0.3, -0.25) is 4.90 Å². The molecule has 0 bridgehead atoms. The summed E-state index contributed by atoms with van der Waals surface area (Å²) in [7, 11) is 1.75. The van der Waals surface area contributed by atoms with Crippen molar-refractivity contribution in [3.63, 3.8) is 0 Å². The molecule has 0 unspecified atom stereocenters. The number of hydrogen-bond donors (Lipinski definition) is 0. The Morgan fingerprint density at radius 1 is 1.06 bits per heavy atom. The first-order valence-electron chi connectivity index (χ1n) is 16.4. The molecule has 2 saturated heterocycles. The first-order chi connectivity index (χ1) is 23.6. The Kier molecular flexibility index (Phi) is 10.8. The number of nitriles is 1. The van der Waals surface area contributed by atoms with Crippen LogP contribution < -0.4 is 9.47 Å². The van der Waals surface area contributed by atoms with Gasteiger partial charge in [0.1, 0.15) is 23.3 Å². The molecule has 0 radical (unpaired) electrons. The molecule has 2 aliphatic heterocycles. The summed E-state index contributed by atoms with van der Waals surface area (Å²) in [6, 6.07) is 5.77. The number of nitrogens with zero attached hydrogens (tertiary/aromatic N) is 7. The SMILES string of the molecule is CN1CCC[C@H]1[C@@H](Oc1cc(O[C@H]2CCN(C(=O)OC(C)(C)C)[C@H](CC#N)C2)nc(-c2noc(C(C)(C)c3c(F)cccc3F)n2)n1)C(F)F. The van der Waals surface area contributed by atoms with Gasteiger partial charge in [0.25, 0.3) is 6.43 Å². The molecule has 2 aromatic heterocycles. The lowest BCUT2D eigenvalue weighted by Crippen LogP contribution is -2.50. The largest absolute Gasteiger partial charge is 0.474 e. The van der Waals surface area contributed by atoms with Crippen LogP contribution in [0.1, 0.15) is 78.2 Å². The average molecular weight is 704 g/mol. The molecule has 0 aliphatic carbocycles. The topological polar surface area (TPSA) is 140 Å². The van der Waals surface area contributed by atoms with Gasteiger partial charge in [0.15, 0.2) is 6.10 Å². The van der Waals surface area contributed by atoms with Gasteiger partial charge in [-0.2, -0.15) is 20.2 Å². The van der Waals surface area contributed by atoms with Gasteiger partial charge in [-0.25, -0.2) is 22.4 Å². The van der Waals surface area contributed by atoms with Crippen LogP contribution >= 0.6 is 0 Å². The normalized spacial score (nSPS) is 20.8.